The quantitative estimate of drug-likeness (QED) is 0.378. The first-order valence-electron chi connectivity index (χ1n) is 7.74. The van der Waals surface area contributed by atoms with Crippen molar-refractivity contribution < 1.29 is 48.7 Å². The topological polar surface area (TPSA) is 63.6 Å². The van der Waals surface area contributed by atoms with E-state index in [1.807, 2.05) is 0 Å². The van der Waals surface area contributed by atoms with Crippen molar-refractivity contribution in [3.8, 4) is 5.75 Å². The van der Waals surface area contributed by atoms with E-state index in [1.165, 1.54) is 50.7 Å². The van der Waals surface area contributed by atoms with Crippen LogP contribution in [0.15, 0.2) is 29.2 Å². The van der Waals surface area contributed by atoms with Gasteiger partial charge in [0.1, 0.15) is 5.75 Å². The Kier molecular flexibility index (Phi) is 12.3. The van der Waals surface area contributed by atoms with Crippen molar-refractivity contribution in [1.29, 1.82) is 0 Å². The van der Waals surface area contributed by atoms with Crippen molar-refractivity contribution in [3.63, 3.8) is 0 Å². The van der Waals surface area contributed by atoms with Gasteiger partial charge in [0.05, 0.1) is 11.5 Å². The number of hydrogen-bond donors (Lipinski definition) is 1. The molecule has 1 N–H and O–H groups in total. The van der Waals surface area contributed by atoms with Crippen molar-refractivity contribution in [3.05, 3.63) is 24.3 Å². The Hall–Kier alpha value is -0.0700. The average Bonchev–Trinajstić information content (AvgIpc) is 2.45. The summed E-state index contributed by atoms with van der Waals surface area (Å²) in [5.74, 6) is 0.630. The van der Waals surface area contributed by atoms with E-state index >= 15 is 0 Å². The van der Waals surface area contributed by atoms with Gasteiger partial charge in [0, 0.05) is 0 Å². The summed E-state index contributed by atoms with van der Waals surface area (Å²) in [4.78, 5) is -0.109. The van der Waals surface area contributed by atoms with E-state index in [0.29, 0.717) is 12.4 Å². The molecule has 122 valence electrons. The van der Waals surface area contributed by atoms with Crippen molar-refractivity contribution in [2.75, 3.05) is 6.61 Å². The maximum absolute atomic E-state index is 10.9. The normalized spacial score (nSPS) is 11.0. The first kappa shape index (κ1) is 21.9. The Morgan fingerprint density at radius 1 is 0.955 bits per heavy atom. The number of rotatable bonds is 11. The Balaban J connectivity index is 0. The summed E-state index contributed by atoms with van der Waals surface area (Å²) in [6.45, 7) is 2.86. The smallest absolute Gasteiger partial charge is 1.00 e. The molecule has 6 heteroatoms. The summed E-state index contributed by atoms with van der Waals surface area (Å²) in [6.07, 6.45) is 9.99. The summed E-state index contributed by atoms with van der Waals surface area (Å²) in [5.41, 5.74) is 0. The molecule has 0 atom stereocenters. The standard InChI is InChI=1S/C16H26O4S.Na.H/c1-2-3-4-5-6-7-8-9-14-20-15-10-12-16(13-11-15)21(17,18)19;;/h10-13H,2-9,14H2,1H3,(H,17,18,19);;/q;+1;-1. The van der Waals surface area contributed by atoms with Crippen LogP contribution in [0.1, 0.15) is 59.7 Å². The minimum atomic E-state index is -4.12. The Morgan fingerprint density at radius 3 is 1.95 bits per heavy atom. The van der Waals surface area contributed by atoms with Gasteiger partial charge in [-0.05, 0) is 30.7 Å². The zero-order chi connectivity index (χ0) is 15.6. The van der Waals surface area contributed by atoms with Gasteiger partial charge in [-0.25, -0.2) is 0 Å². The molecule has 0 aliphatic rings. The first-order valence-corrected chi connectivity index (χ1v) is 9.18. The van der Waals surface area contributed by atoms with Crippen molar-refractivity contribution >= 4 is 10.1 Å². The summed E-state index contributed by atoms with van der Waals surface area (Å²) < 4.78 is 36.2. The van der Waals surface area contributed by atoms with E-state index in [2.05, 4.69) is 6.92 Å². The molecular weight excluding hydrogens is 311 g/mol. The third kappa shape index (κ3) is 9.85. The van der Waals surface area contributed by atoms with Gasteiger partial charge in [-0.1, -0.05) is 51.9 Å². The zero-order valence-corrected chi connectivity index (χ0v) is 16.6. The largest absolute Gasteiger partial charge is 1.00 e. The maximum atomic E-state index is 10.9. The van der Waals surface area contributed by atoms with Crippen LogP contribution in [0.25, 0.3) is 0 Å². The number of ether oxygens (including phenoxy) is 1. The minimum absolute atomic E-state index is 0. The van der Waals surface area contributed by atoms with Crippen LogP contribution in [0.2, 0.25) is 0 Å². The molecule has 0 aromatic heterocycles. The van der Waals surface area contributed by atoms with E-state index in [1.54, 1.807) is 12.1 Å². The van der Waals surface area contributed by atoms with E-state index in [4.69, 9.17) is 9.29 Å². The SMILES string of the molecule is CCCCCCCCCCOc1ccc(S(=O)(=O)O)cc1.[H-].[Na+]. The summed E-state index contributed by atoms with van der Waals surface area (Å²) in [7, 11) is -4.12. The summed E-state index contributed by atoms with van der Waals surface area (Å²) in [6, 6.07) is 5.82. The molecule has 1 aromatic rings. The third-order valence-corrected chi connectivity index (χ3v) is 4.26. The van der Waals surface area contributed by atoms with Gasteiger partial charge in [0.25, 0.3) is 10.1 Å². The van der Waals surface area contributed by atoms with Crippen molar-refractivity contribution in [2.45, 2.75) is 63.2 Å². The third-order valence-electron chi connectivity index (χ3n) is 3.39. The van der Waals surface area contributed by atoms with Gasteiger partial charge >= 0.3 is 29.6 Å². The molecule has 0 fully saturated rings. The monoisotopic (exact) mass is 338 g/mol. The molecule has 1 aromatic carbocycles. The molecule has 0 spiro atoms. The molecule has 22 heavy (non-hydrogen) atoms. The summed E-state index contributed by atoms with van der Waals surface area (Å²) >= 11 is 0. The average molecular weight is 338 g/mol. The van der Waals surface area contributed by atoms with Crippen molar-refractivity contribution in [1.82, 2.24) is 0 Å². The Labute approximate surface area is 158 Å². The molecule has 0 bridgehead atoms. The van der Waals surface area contributed by atoms with E-state index in [0.717, 1.165) is 12.8 Å². The predicted molar refractivity (Wildman–Crippen MR) is 85.5 cm³/mol. The molecule has 1 rings (SSSR count). The minimum Gasteiger partial charge on any atom is -1.00 e. The van der Waals surface area contributed by atoms with Gasteiger partial charge in [-0.2, -0.15) is 8.42 Å². The van der Waals surface area contributed by atoms with Crippen LogP contribution >= 0.6 is 0 Å². The number of unbranched alkanes of at least 4 members (excludes halogenated alkanes) is 7. The molecule has 0 saturated heterocycles. The van der Waals surface area contributed by atoms with Crippen LogP contribution in [0.5, 0.6) is 5.75 Å². The Bertz CT molecular complexity index is 491. The fourth-order valence-electron chi connectivity index (χ4n) is 2.13. The van der Waals surface area contributed by atoms with Gasteiger partial charge in [-0.15, -0.1) is 0 Å². The van der Waals surface area contributed by atoms with Crippen LogP contribution in [0, 0.1) is 0 Å². The van der Waals surface area contributed by atoms with Crippen LogP contribution in [-0.2, 0) is 10.1 Å². The molecule has 0 aliphatic heterocycles. The molecule has 0 saturated carbocycles. The number of hydrogen-bond acceptors (Lipinski definition) is 3. The predicted octanol–water partition coefficient (Wildman–Crippen LogP) is 1.57. The van der Waals surface area contributed by atoms with Gasteiger partial charge in [-0.3, -0.25) is 4.55 Å². The van der Waals surface area contributed by atoms with Crippen LogP contribution in [0.3, 0.4) is 0 Å². The molecular formula is C16H27NaO4S. The number of benzene rings is 1. The van der Waals surface area contributed by atoms with Crippen LogP contribution < -0.4 is 34.3 Å². The van der Waals surface area contributed by atoms with Crippen LogP contribution in [0.4, 0.5) is 0 Å². The molecule has 0 unspecified atom stereocenters. The van der Waals surface area contributed by atoms with Crippen molar-refractivity contribution in [2.24, 2.45) is 0 Å². The second kappa shape index (κ2) is 12.4. The van der Waals surface area contributed by atoms with Crippen LogP contribution in [-0.4, -0.2) is 19.6 Å². The van der Waals surface area contributed by atoms with Gasteiger partial charge in [0.15, 0.2) is 0 Å². The maximum Gasteiger partial charge on any atom is 1.00 e. The second-order valence-electron chi connectivity index (χ2n) is 5.27. The fourth-order valence-corrected chi connectivity index (χ4v) is 2.61. The van der Waals surface area contributed by atoms with E-state index in [-0.39, 0.29) is 35.9 Å². The summed E-state index contributed by atoms with van der Waals surface area (Å²) in [5, 5.41) is 0. The van der Waals surface area contributed by atoms with Gasteiger partial charge < -0.3 is 6.16 Å². The first-order chi connectivity index (χ1) is 10.0. The molecule has 0 amide bonds. The molecule has 4 nitrogen and oxygen atoms in total. The van der Waals surface area contributed by atoms with Gasteiger partial charge in [0.2, 0.25) is 0 Å². The zero-order valence-electron chi connectivity index (χ0n) is 14.8. The fraction of sp³-hybridized carbons (Fsp3) is 0.625. The molecule has 0 aliphatic carbocycles. The van der Waals surface area contributed by atoms with E-state index < -0.39 is 10.1 Å². The molecule has 0 radical (unpaired) electrons. The molecule has 0 heterocycles. The second-order valence-corrected chi connectivity index (χ2v) is 6.69. The Morgan fingerprint density at radius 2 is 1.45 bits per heavy atom. The van der Waals surface area contributed by atoms with E-state index in [9.17, 15) is 8.42 Å².